The molecule has 0 fully saturated rings. The summed E-state index contributed by atoms with van der Waals surface area (Å²) in [6.07, 6.45) is 50.0. The maximum atomic E-state index is 13.0. The van der Waals surface area contributed by atoms with Crippen LogP contribution < -0.4 is 0 Å². The average molecular weight is 1340 g/mol. The van der Waals surface area contributed by atoms with Crippen molar-refractivity contribution in [2.45, 2.75) is 387 Å². The number of aliphatic hydroxyl groups excluding tert-OH is 1. The highest BCUT2D eigenvalue weighted by atomic mass is 31.2. The molecule has 0 heterocycles. The molecule has 19 heteroatoms. The number of rotatable bonds is 71. The minimum atomic E-state index is -4.95. The Bertz CT molecular complexity index is 1770. The van der Waals surface area contributed by atoms with E-state index < -0.39 is 97.5 Å². The second-order valence-corrected chi connectivity index (χ2v) is 29.8. The smallest absolute Gasteiger partial charge is 0.462 e. The normalized spacial score (nSPS) is 14.1. The highest BCUT2D eigenvalue weighted by molar-refractivity contribution is 7.47. The summed E-state index contributed by atoms with van der Waals surface area (Å²) < 4.78 is 68.3. The van der Waals surface area contributed by atoms with Crippen molar-refractivity contribution in [2.75, 3.05) is 39.6 Å². The van der Waals surface area contributed by atoms with Gasteiger partial charge in [-0.1, -0.05) is 318 Å². The number of carbonyl (C=O) groups is 4. The molecule has 0 aliphatic heterocycles. The van der Waals surface area contributed by atoms with E-state index in [-0.39, 0.29) is 25.7 Å². The van der Waals surface area contributed by atoms with Gasteiger partial charge in [-0.3, -0.25) is 37.3 Å². The van der Waals surface area contributed by atoms with E-state index in [1.54, 1.807) is 0 Å². The van der Waals surface area contributed by atoms with Crippen molar-refractivity contribution in [3.63, 3.8) is 0 Å². The van der Waals surface area contributed by atoms with E-state index in [1.807, 2.05) is 0 Å². The van der Waals surface area contributed by atoms with Crippen LogP contribution in [-0.2, 0) is 65.4 Å². The highest BCUT2D eigenvalue weighted by Crippen LogP contribution is 2.45. The van der Waals surface area contributed by atoms with Crippen LogP contribution in [0, 0.1) is 11.8 Å². The van der Waals surface area contributed by atoms with Crippen LogP contribution >= 0.6 is 15.6 Å². The van der Waals surface area contributed by atoms with Gasteiger partial charge in [0.25, 0.3) is 0 Å². The van der Waals surface area contributed by atoms with E-state index in [0.717, 1.165) is 102 Å². The Morgan fingerprint density at radius 1 is 0.297 bits per heavy atom. The Balaban J connectivity index is 5.23. The summed E-state index contributed by atoms with van der Waals surface area (Å²) >= 11 is 0. The quantitative estimate of drug-likeness (QED) is 0.0222. The van der Waals surface area contributed by atoms with E-state index in [0.29, 0.717) is 25.7 Å². The summed E-state index contributed by atoms with van der Waals surface area (Å²) in [5, 5.41) is 10.6. The summed E-state index contributed by atoms with van der Waals surface area (Å²) in [5.74, 6) is -0.633. The molecule has 0 radical (unpaired) electrons. The highest BCUT2D eigenvalue weighted by Gasteiger charge is 2.30. The SMILES string of the molecule is CCCCCCCCCCCCCCCCCCCC(=O)O[C@H](COC(=O)CCCCCCCCCCCCCC(C)C)COP(=O)(O)OC[C@@H](O)COP(=O)(O)OC[C@@H](COC(=O)CCCCCCCCCCC)OC(=O)CCCCCCCCCCC(C)C. The predicted molar refractivity (Wildman–Crippen MR) is 368 cm³/mol. The largest absolute Gasteiger partial charge is 0.472 e. The van der Waals surface area contributed by atoms with Crippen LogP contribution in [0.5, 0.6) is 0 Å². The molecule has 2 unspecified atom stereocenters. The molecular formula is C72H140O17P2. The Kier molecular flexibility index (Phi) is 62.7. The van der Waals surface area contributed by atoms with Crippen LogP contribution in [0.2, 0.25) is 0 Å². The summed E-state index contributed by atoms with van der Waals surface area (Å²) in [7, 11) is -9.90. The van der Waals surface area contributed by atoms with Gasteiger partial charge >= 0.3 is 39.5 Å². The standard InChI is InChI=1S/C72H140O17P2/c1-7-9-11-13-15-17-18-19-20-21-22-23-26-31-38-44-50-56-71(76)88-67(61-83-70(75)55-49-43-37-30-27-24-25-29-34-40-46-52-64(3)4)62-86-90(78,79)84-58-66(73)59-85-91(80,81)87-63-68(60-82-69(74)54-48-42-36-28-16-14-12-10-8-2)89-72(77)57-51-45-39-33-32-35-41-47-53-65(5)6/h64-68,73H,7-63H2,1-6H3,(H,78,79)(H,80,81)/t66-,67-,68-/m1/s1. The van der Waals surface area contributed by atoms with Crippen molar-refractivity contribution < 1.29 is 80.2 Å². The van der Waals surface area contributed by atoms with Gasteiger partial charge < -0.3 is 33.8 Å². The predicted octanol–water partition coefficient (Wildman–Crippen LogP) is 20.8. The number of aliphatic hydroxyl groups is 1. The zero-order chi connectivity index (χ0) is 67.2. The zero-order valence-corrected chi connectivity index (χ0v) is 60.9. The van der Waals surface area contributed by atoms with Gasteiger partial charge in [0.15, 0.2) is 12.2 Å². The first-order valence-electron chi connectivity index (χ1n) is 37.5. The number of esters is 4. The molecule has 0 aliphatic rings. The van der Waals surface area contributed by atoms with E-state index in [4.69, 9.17) is 37.0 Å². The first-order valence-corrected chi connectivity index (χ1v) is 40.5. The number of ether oxygens (including phenoxy) is 4. The van der Waals surface area contributed by atoms with Crippen molar-refractivity contribution in [3.8, 4) is 0 Å². The van der Waals surface area contributed by atoms with Gasteiger partial charge in [-0.15, -0.1) is 0 Å². The second kappa shape index (κ2) is 64.1. The minimum Gasteiger partial charge on any atom is -0.462 e. The number of unbranched alkanes of at least 4 members (excludes halogenated alkanes) is 41. The number of hydrogen-bond acceptors (Lipinski definition) is 15. The molecule has 0 aromatic rings. The van der Waals surface area contributed by atoms with Crippen LogP contribution in [0.25, 0.3) is 0 Å². The molecule has 0 aliphatic carbocycles. The maximum absolute atomic E-state index is 13.0. The van der Waals surface area contributed by atoms with Crippen LogP contribution in [0.3, 0.4) is 0 Å². The van der Waals surface area contributed by atoms with E-state index in [2.05, 4.69) is 41.5 Å². The van der Waals surface area contributed by atoms with Crippen molar-refractivity contribution in [1.82, 2.24) is 0 Å². The Labute approximate surface area is 556 Å². The molecular weight excluding hydrogens is 1200 g/mol. The Hall–Kier alpha value is -1.94. The molecule has 0 rings (SSSR count). The van der Waals surface area contributed by atoms with Crippen LogP contribution in [0.4, 0.5) is 0 Å². The molecule has 0 aromatic heterocycles. The third-order valence-corrected chi connectivity index (χ3v) is 18.6. The summed E-state index contributed by atoms with van der Waals surface area (Å²) in [4.78, 5) is 72.6. The van der Waals surface area contributed by atoms with Gasteiger partial charge in [-0.25, -0.2) is 9.13 Å². The molecule has 0 saturated heterocycles. The van der Waals surface area contributed by atoms with Gasteiger partial charge in [-0.05, 0) is 37.5 Å². The number of carbonyl (C=O) groups excluding carboxylic acids is 4. The average Bonchev–Trinajstić information content (AvgIpc) is 3.32. The van der Waals surface area contributed by atoms with Crippen molar-refractivity contribution in [2.24, 2.45) is 11.8 Å². The van der Waals surface area contributed by atoms with Gasteiger partial charge in [-0.2, -0.15) is 0 Å². The monoisotopic (exact) mass is 1340 g/mol. The van der Waals surface area contributed by atoms with E-state index in [9.17, 15) is 43.2 Å². The molecule has 0 spiro atoms. The fourth-order valence-electron chi connectivity index (χ4n) is 10.9. The van der Waals surface area contributed by atoms with Crippen molar-refractivity contribution in [3.05, 3.63) is 0 Å². The minimum absolute atomic E-state index is 0.105. The summed E-state index contributed by atoms with van der Waals surface area (Å²) in [6.45, 7) is 9.51. The van der Waals surface area contributed by atoms with Crippen molar-refractivity contribution >= 4 is 39.5 Å². The first-order chi connectivity index (χ1) is 43.9. The topological polar surface area (TPSA) is 237 Å². The van der Waals surface area contributed by atoms with E-state index >= 15 is 0 Å². The zero-order valence-electron chi connectivity index (χ0n) is 59.1. The first kappa shape index (κ1) is 89.1. The summed E-state index contributed by atoms with van der Waals surface area (Å²) in [6, 6.07) is 0. The molecule has 0 bridgehead atoms. The molecule has 5 atom stereocenters. The number of hydrogen-bond donors (Lipinski definition) is 3. The molecule has 91 heavy (non-hydrogen) atoms. The number of phosphoric ester groups is 2. The Morgan fingerprint density at radius 3 is 0.747 bits per heavy atom. The summed E-state index contributed by atoms with van der Waals surface area (Å²) in [5.41, 5.74) is 0. The van der Waals surface area contributed by atoms with Crippen LogP contribution in [0.15, 0.2) is 0 Å². The molecule has 540 valence electrons. The van der Waals surface area contributed by atoms with Crippen LogP contribution in [0.1, 0.15) is 369 Å². The molecule has 3 N–H and O–H groups in total. The van der Waals surface area contributed by atoms with Gasteiger partial charge in [0.05, 0.1) is 26.4 Å². The fourth-order valence-corrected chi connectivity index (χ4v) is 12.5. The molecule has 0 saturated carbocycles. The maximum Gasteiger partial charge on any atom is 0.472 e. The molecule has 0 aromatic carbocycles. The third kappa shape index (κ3) is 66.5. The lowest BCUT2D eigenvalue weighted by Crippen LogP contribution is -2.30. The van der Waals surface area contributed by atoms with Gasteiger partial charge in [0, 0.05) is 25.7 Å². The lowest BCUT2D eigenvalue weighted by atomic mass is 10.0. The number of phosphoric acid groups is 2. The van der Waals surface area contributed by atoms with Crippen LogP contribution in [-0.4, -0.2) is 96.7 Å². The third-order valence-electron chi connectivity index (χ3n) is 16.7. The molecule has 0 amide bonds. The van der Waals surface area contributed by atoms with E-state index in [1.165, 1.54) is 186 Å². The van der Waals surface area contributed by atoms with Gasteiger partial charge in [0.1, 0.15) is 19.3 Å². The fraction of sp³-hybridized carbons (Fsp3) is 0.944. The second-order valence-electron chi connectivity index (χ2n) is 26.9. The lowest BCUT2D eigenvalue weighted by Gasteiger charge is -2.21. The van der Waals surface area contributed by atoms with Gasteiger partial charge in [0.2, 0.25) is 0 Å². The molecule has 17 nitrogen and oxygen atoms in total. The Morgan fingerprint density at radius 2 is 0.505 bits per heavy atom. The van der Waals surface area contributed by atoms with Crippen molar-refractivity contribution in [1.29, 1.82) is 0 Å². The lowest BCUT2D eigenvalue weighted by molar-refractivity contribution is -0.161.